The first-order chi connectivity index (χ1) is 17.8. The molecule has 2 aliphatic heterocycles. The standard InChI is InChI=1S/C26H30O11/c1-6-33-21(27)12-26(29)23(25(28)34-7-2)22(14-8-19(30-3)24(32-5)20(9-14)31-4)15-10-17-18(36-13-35-17)11-16(15)37-26/h8-11,22-23,29H,6-7,12-13H2,1-5H3. The van der Waals surface area contributed by atoms with Gasteiger partial charge in [-0.2, -0.15) is 0 Å². The van der Waals surface area contributed by atoms with Crippen LogP contribution < -0.4 is 28.4 Å². The molecule has 37 heavy (non-hydrogen) atoms. The van der Waals surface area contributed by atoms with Crippen LogP contribution >= 0.6 is 0 Å². The molecule has 2 aromatic rings. The Morgan fingerprint density at radius 2 is 1.54 bits per heavy atom. The zero-order valence-electron chi connectivity index (χ0n) is 21.3. The lowest BCUT2D eigenvalue weighted by molar-refractivity contribution is -0.214. The zero-order valence-corrected chi connectivity index (χ0v) is 21.3. The van der Waals surface area contributed by atoms with Crippen LogP contribution in [0.1, 0.15) is 37.3 Å². The van der Waals surface area contributed by atoms with Gasteiger partial charge in [-0.05, 0) is 37.6 Å². The van der Waals surface area contributed by atoms with Gasteiger partial charge >= 0.3 is 11.9 Å². The molecule has 4 rings (SSSR count). The van der Waals surface area contributed by atoms with Crippen LogP contribution in [-0.2, 0) is 19.1 Å². The van der Waals surface area contributed by atoms with Gasteiger partial charge in [-0.3, -0.25) is 9.59 Å². The van der Waals surface area contributed by atoms with Gasteiger partial charge < -0.3 is 43.0 Å². The van der Waals surface area contributed by atoms with Crippen LogP contribution in [0.2, 0.25) is 0 Å². The number of benzene rings is 2. The molecule has 3 unspecified atom stereocenters. The lowest BCUT2D eigenvalue weighted by Crippen LogP contribution is -2.54. The van der Waals surface area contributed by atoms with E-state index < -0.39 is 36.0 Å². The van der Waals surface area contributed by atoms with E-state index in [4.69, 9.17) is 37.9 Å². The van der Waals surface area contributed by atoms with Gasteiger partial charge in [-0.25, -0.2) is 0 Å². The molecule has 200 valence electrons. The van der Waals surface area contributed by atoms with Gasteiger partial charge in [-0.15, -0.1) is 0 Å². The van der Waals surface area contributed by atoms with E-state index in [2.05, 4.69) is 0 Å². The van der Waals surface area contributed by atoms with Crippen LogP contribution in [0, 0.1) is 5.92 Å². The summed E-state index contributed by atoms with van der Waals surface area (Å²) in [5, 5.41) is 11.8. The van der Waals surface area contributed by atoms with Gasteiger partial charge in [0, 0.05) is 17.5 Å². The van der Waals surface area contributed by atoms with Gasteiger partial charge in [0.15, 0.2) is 23.0 Å². The Hall–Kier alpha value is -3.86. The van der Waals surface area contributed by atoms with E-state index in [0.717, 1.165) is 0 Å². The Labute approximate surface area is 214 Å². The molecule has 0 fully saturated rings. The van der Waals surface area contributed by atoms with Crippen LogP contribution in [0.4, 0.5) is 0 Å². The second-order valence-electron chi connectivity index (χ2n) is 8.34. The highest BCUT2D eigenvalue weighted by molar-refractivity contribution is 5.80. The van der Waals surface area contributed by atoms with E-state index in [1.54, 1.807) is 38.1 Å². The summed E-state index contributed by atoms with van der Waals surface area (Å²) in [7, 11) is 4.41. The maximum absolute atomic E-state index is 13.5. The quantitative estimate of drug-likeness (QED) is 0.492. The molecular formula is C26H30O11. The van der Waals surface area contributed by atoms with Crippen molar-refractivity contribution in [3.05, 3.63) is 35.4 Å². The fraction of sp³-hybridized carbons (Fsp3) is 0.462. The number of fused-ring (bicyclic) bond motifs is 2. The summed E-state index contributed by atoms with van der Waals surface area (Å²) in [6.07, 6.45) is -0.626. The number of rotatable bonds is 9. The predicted molar refractivity (Wildman–Crippen MR) is 127 cm³/mol. The van der Waals surface area contributed by atoms with Crippen molar-refractivity contribution >= 4 is 11.9 Å². The Balaban J connectivity index is 1.98. The van der Waals surface area contributed by atoms with Crippen LogP contribution in [-0.4, -0.2) is 64.2 Å². The number of methoxy groups -OCH3 is 3. The molecule has 2 aromatic carbocycles. The summed E-state index contributed by atoms with van der Waals surface area (Å²) in [5.74, 6) is -4.03. The number of carbonyl (C=O) groups is 2. The molecule has 11 heteroatoms. The first kappa shape index (κ1) is 26.2. The van der Waals surface area contributed by atoms with Crippen molar-refractivity contribution in [2.24, 2.45) is 5.92 Å². The smallest absolute Gasteiger partial charge is 0.316 e. The van der Waals surface area contributed by atoms with Crippen molar-refractivity contribution in [1.29, 1.82) is 0 Å². The van der Waals surface area contributed by atoms with E-state index in [9.17, 15) is 14.7 Å². The number of ether oxygens (including phenoxy) is 8. The molecule has 0 aliphatic carbocycles. The average molecular weight is 519 g/mol. The molecule has 3 atom stereocenters. The molecule has 0 radical (unpaired) electrons. The van der Waals surface area contributed by atoms with Crippen molar-refractivity contribution in [3.63, 3.8) is 0 Å². The van der Waals surface area contributed by atoms with E-state index >= 15 is 0 Å². The molecule has 0 spiro atoms. The van der Waals surface area contributed by atoms with Crippen LogP contribution in [0.25, 0.3) is 0 Å². The second-order valence-corrected chi connectivity index (χ2v) is 8.34. The number of aliphatic hydroxyl groups is 1. The maximum atomic E-state index is 13.5. The largest absolute Gasteiger partial charge is 0.493 e. The minimum Gasteiger partial charge on any atom is -0.493 e. The lowest BCUT2D eigenvalue weighted by Gasteiger charge is -2.43. The number of hydrogen-bond donors (Lipinski definition) is 1. The predicted octanol–water partition coefficient (Wildman–Crippen LogP) is 2.79. The third-order valence-corrected chi connectivity index (χ3v) is 6.24. The summed E-state index contributed by atoms with van der Waals surface area (Å²) in [4.78, 5) is 26.0. The zero-order chi connectivity index (χ0) is 26.7. The molecular weight excluding hydrogens is 488 g/mol. The maximum Gasteiger partial charge on any atom is 0.316 e. The van der Waals surface area contributed by atoms with E-state index in [-0.39, 0.29) is 25.8 Å². The SMILES string of the molecule is CCOC(=O)CC1(O)Oc2cc3c(cc2C(c2cc(OC)c(OC)c(OC)c2)C1C(=O)OCC)OCO3. The number of hydrogen-bond acceptors (Lipinski definition) is 11. The van der Waals surface area contributed by atoms with Crippen molar-refractivity contribution in [2.45, 2.75) is 32.0 Å². The van der Waals surface area contributed by atoms with Crippen molar-refractivity contribution in [3.8, 4) is 34.5 Å². The molecule has 2 heterocycles. The normalized spacial score (nSPS) is 21.4. The van der Waals surface area contributed by atoms with Crippen LogP contribution in [0.5, 0.6) is 34.5 Å². The molecule has 1 N–H and O–H groups in total. The minimum atomic E-state index is -2.32. The van der Waals surface area contributed by atoms with Gasteiger partial charge in [0.05, 0.1) is 34.5 Å². The fourth-order valence-electron chi connectivity index (χ4n) is 4.73. The van der Waals surface area contributed by atoms with Crippen LogP contribution in [0.3, 0.4) is 0 Å². The lowest BCUT2D eigenvalue weighted by atomic mass is 9.73. The number of esters is 2. The third kappa shape index (κ3) is 4.78. The Morgan fingerprint density at radius 3 is 2.11 bits per heavy atom. The van der Waals surface area contributed by atoms with Crippen LogP contribution in [0.15, 0.2) is 24.3 Å². The molecule has 0 saturated carbocycles. The molecule has 0 amide bonds. The van der Waals surface area contributed by atoms with Crippen molar-refractivity contribution < 1.29 is 52.6 Å². The molecule has 2 aliphatic rings. The fourth-order valence-corrected chi connectivity index (χ4v) is 4.73. The topological polar surface area (TPSA) is 128 Å². The van der Waals surface area contributed by atoms with E-state index in [1.807, 2.05) is 0 Å². The highest BCUT2D eigenvalue weighted by Crippen LogP contribution is 2.54. The first-order valence-corrected chi connectivity index (χ1v) is 11.8. The Kier molecular flexibility index (Phi) is 7.53. The number of carbonyl (C=O) groups excluding carboxylic acids is 2. The van der Waals surface area contributed by atoms with Gasteiger partial charge in [-0.1, -0.05) is 0 Å². The minimum absolute atomic E-state index is 0.00146. The first-order valence-electron chi connectivity index (χ1n) is 11.8. The Bertz CT molecular complexity index is 1150. The highest BCUT2D eigenvalue weighted by Gasteiger charge is 2.56. The summed E-state index contributed by atoms with van der Waals surface area (Å²) in [6, 6.07) is 6.58. The molecule has 0 bridgehead atoms. The van der Waals surface area contributed by atoms with Gasteiger partial charge in [0.2, 0.25) is 18.3 Å². The molecule has 11 nitrogen and oxygen atoms in total. The Morgan fingerprint density at radius 1 is 0.919 bits per heavy atom. The van der Waals surface area contributed by atoms with E-state index in [0.29, 0.717) is 39.9 Å². The van der Waals surface area contributed by atoms with Crippen molar-refractivity contribution in [1.82, 2.24) is 0 Å². The summed E-state index contributed by atoms with van der Waals surface area (Å²) in [6.45, 7) is 3.42. The summed E-state index contributed by atoms with van der Waals surface area (Å²) in [5.41, 5.74) is 1.02. The van der Waals surface area contributed by atoms with E-state index in [1.165, 1.54) is 21.3 Å². The van der Waals surface area contributed by atoms with Crippen molar-refractivity contribution in [2.75, 3.05) is 41.3 Å². The second kappa shape index (κ2) is 10.6. The molecule has 0 saturated heterocycles. The third-order valence-electron chi connectivity index (χ3n) is 6.24. The molecule has 0 aromatic heterocycles. The summed E-state index contributed by atoms with van der Waals surface area (Å²) < 4.78 is 44.0. The summed E-state index contributed by atoms with van der Waals surface area (Å²) >= 11 is 0. The average Bonchev–Trinajstić information content (AvgIpc) is 3.33. The monoisotopic (exact) mass is 518 g/mol. The highest BCUT2D eigenvalue weighted by atomic mass is 16.7. The van der Waals surface area contributed by atoms with Gasteiger partial charge in [0.1, 0.15) is 18.1 Å². The van der Waals surface area contributed by atoms with Gasteiger partial charge in [0.25, 0.3) is 0 Å².